The van der Waals surface area contributed by atoms with Crippen LogP contribution in [-0.2, 0) is 4.74 Å². The largest absolute Gasteiger partial charge is 0.398 e. The number of hydrogen-bond acceptors (Lipinski definition) is 3. The van der Waals surface area contributed by atoms with Gasteiger partial charge in [-0.15, -0.1) is 0 Å². The molecule has 100 valence electrons. The topological polar surface area (TPSA) is 64.3 Å². The molecule has 0 aromatic heterocycles. The molecule has 0 saturated carbocycles. The number of carbonyl (C=O) groups excluding carboxylic acids is 1. The molecule has 0 aliphatic carbocycles. The number of benzene rings is 1. The van der Waals surface area contributed by atoms with Gasteiger partial charge in [0.1, 0.15) is 0 Å². The van der Waals surface area contributed by atoms with Crippen molar-refractivity contribution in [2.24, 2.45) is 0 Å². The number of methoxy groups -OCH3 is 1. The minimum absolute atomic E-state index is 0.0494. The lowest BCUT2D eigenvalue weighted by Gasteiger charge is -2.18. The monoisotopic (exact) mass is 250 g/mol. The molecule has 18 heavy (non-hydrogen) atoms. The average molecular weight is 250 g/mol. The molecule has 4 heteroatoms. The molecule has 0 spiro atoms. The van der Waals surface area contributed by atoms with Crippen LogP contribution in [-0.4, -0.2) is 25.7 Å². The molecule has 1 unspecified atom stereocenters. The maximum atomic E-state index is 12.2. The first kappa shape index (κ1) is 14.5. The molecule has 1 amide bonds. The molecular weight excluding hydrogens is 228 g/mol. The van der Waals surface area contributed by atoms with Crippen LogP contribution in [0.15, 0.2) is 18.2 Å². The van der Waals surface area contributed by atoms with Crippen LogP contribution in [0, 0.1) is 6.92 Å². The van der Waals surface area contributed by atoms with Gasteiger partial charge in [-0.1, -0.05) is 19.4 Å². The number of anilines is 1. The van der Waals surface area contributed by atoms with Crippen molar-refractivity contribution in [1.29, 1.82) is 0 Å². The van der Waals surface area contributed by atoms with E-state index in [1.807, 2.05) is 6.92 Å². The van der Waals surface area contributed by atoms with Crippen molar-refractivity contribution in [2.45, 2.75) is 32.7 Å². The standard InChI is InChI=1S/C14H22N2O2/c1-4-6-11(9-18-3)16-14(17)12-7-5-8-13(15)10(12)2/h5,7-8,11H,4,6,9,15H2,1-3H3,(H,16,17). The van der Waals surface area contributed by atoms with Gasteiger partial charge in [-0.2, -0.15) is 0 Å². The Morgan fingerprint density at radius 1 is 1.50 bits per heavy atom. The van der Waals surface area contributed by atoms with Crippen molar-refractivity contribution in [1.82, 2.24) is 5.32 Å². The summed E-state index contributed by atoms with van der Waals surface area (Å²) in [4.78, 5) is 12.2. The number of ether oxygens (including phenoxy) is 1. The highest BCUT2D eigenvalue weighted by atomic mass is 16.5. The van der Waals surface area contributed by atoms with Crippen LogP contribution in [0.5, 0.6) is 0 Å². The highest BCUT2D eigenvalue weighted by Gasteiger charge is 2.15. The smallest absolute Gasteiger partial charge is 0.251 e. The second-order valence-electron chi connectivity index (χ2n) is 4.43. The van der Waals surface area contributed by atoms with E-state index in [9.17, 15) is 4.79 Å². The lowest BCUT2D eigenvalue weighted by atomic mass is 10.1. The van der Waals surface area contributed by atoms with E-state index in [2.05, 4.69) is 12.2 Å². The predicted molar refractivity (Wildman–Crippen MR) is 73.6 cm³/mol. The quantitative estimate of drug-likeness (QED) is 0.760. The number of hydrogen-bond donors (Lipinski definition) is 2. The normalized spacial score (nSPS) is 12.2. The molecule has 1 atom stereocenters. The second-order valence-corrected chi connectivity index (χ2v) is 4.43. The molecule has 0 radical (unpaired) electrons. The SMILES string of the molecule is CCCC(COC)NC(=O)c1cccc(N)c1C. The Hall–Kier alpha value is -1.55. The van der Waals surface area contributed by atoms with Crippen LogP contribution < -0.4 is 11.1 Å². The highest BCUT2D eigenvalue weighted by molar-refractivity contribution is 5.97. The van der Waals surface area contributed by atoms with Crippen LogP contribution in [0.2, 0.25) is 0 Å². The van der Waals surface area contributed by atoms with E-state index < -0.39 is 0 Å². The Morgan fingerprint density at radius 2 is 2.22 bits per heavy atom. The van der Waals surface area contributed by atoms with E-state index in [0.717, 1.165) is 18.4 Å². The summed E-state index contributed by atoms with van der Waals surface area (Å²) in [6, 6.07) is 5.43. The molecule has 0 saturated heterocycles. The van der Waals surface area contributed by atoms with Crippen LogP contribution in [0.4, 0.5) is 5.69 Å². The molecule has 0 heterocycles. The first-order valence-corrected chi connectivity index (χ1v) is 6.25. The first-order chi connectivity index (χ1) is 8.60. The number of nitrogens with two attached hydrogens (primary N) is 1. The predicted octanol–water partition coefficient (Wildman–Crippen LogP) is 2.12. The van der Waals surface area contributed by atoms with Gasteiger partial charge in [0.25, 0.3) is 5.91 Å². The minimum atomic E-state index is -0.0877. The minimum Gasteiger partial charge on any atom is -0.398 e. The fourth-order valence-corrected chi connectivity index (χ4v) is 1.91. The number of amides is 1. The third-order valence-electron chi connectivity index (χ3n) is 2.96. The number of nitrogens with one attached hydrogen (secondary N) is 1. The Kier molecular flexibility index (Phi) is 5.65. The molecule has 0 fully saturated rings. The molecule has 1 aromatic carbocycles. The molecule has 0 aliphatic rings. The molecular formula is C14H22N2O2. The molecule has 4 nitrogen and oxygen atoms in total. The molecule has 3 N–H and O–H groups in total. The summed E-state index contributed by atoms with van der Waals surface area (Å²) in [5.41, 5.74) is 7.90. The van der Waals surface area contributed by atoms with E-state index >= 15 is 0 Å². The van der Waals surface area contributed by atoms with E-state index in [4.69, 9.17) is 10.5 Å². The lowest BCUT2D eigenvalue weighted by molar-refractivity contribution is 0.0891. The van der Waals surface area contributed by atoms with Crippen molar-refractivity contribution < 1.29 is 9.53 Å². The van der Waals surface area contributed by atoms with Crippen molar-refractivity contribution in [3.63, 3.8) is 0 Å². The summed E-state index contributed by atoms with van der Waals surface area (Å²) >= 11 is 0. The maximum absolute atomic E-state index is 12.2. The van der Waals surface area contributed by atoms with Gasteiger partial charge in [-0.25, -0.2) is 0 Å². The zero-order chi connectivity index (χ0) is 13.5. The van der Waals surface area contributed by atoms with E-state index in [1.54, 1.807) is 25.3 Å². The van der Waals surface area contributed by atoms with Crippen molar-refractivity contribution in [3.05, 3.63) is 29.3 Å². The fraction of sp³-hybridized carbons (Fsp3) is 0.500. The van der Waals surface area contributed by atoms with Crippen LogP contribution >= 0.6 is 0 Å². The molecule has 1 rings (SSSR count). The zero-order valence-electron chi connectivity index (χ0n) is 11.3. The van der Waals surface area contributed by atoms with E-state index in [-0.39, 0.29) is 11.9 Å². The van der Waals surface area contributed by atoms with Gasteiger partial charge >= 0.3 is 0 Å². The van der Waals surface area contributed by atoms with Gasteiger partial charge in [0.05, 0.1) is 12.6 Å². The zero-order valence-corrected chi connectivity index (χ0v) is 11.3. The lowest BCUT2D eigenvalue weighted by Crippen LogP contribution is -2.38. The fourth-order valence-electron chi connectivity index (χ4n) is 1.91. The summed E-state index contributed by atoms with van der Waals surface area (Å²) in [5, 5.41) is 2.98. The van der Waals surface area contributed by atoms with Gasteiger partial charge in [-0.05, 0) is 31.0 Å². The van der Waals surface area contributed by atoms with Crippen molar-refractivity contribution in [2.75, 3.05) is 19.5 Å². The van der Waals surface area contributed by atoms with Gasteiger partial charge in [0.2, 0.25) is 0 Å². The third-order valence-corrected chi connectivity index (χ3v) is 2.96. The summed E-state index contributed by atoms with van der Waals surface area (Å²) in [7, 11) is 1.64. The van der Waals surface area contributed by atoms with Crippen LogP contribution in [0.25, 0.3) is 0 Å². The van der Waals surface area contributed by atoms with Crippen LogP contribution in [0.1, 0.15) is 35.7 Å². The number of nitrogen functional groups attached to an aromatic ring is 1. The number of carbonyl (C=O) groups is 1. The summed E-state index contributed by atoms with van der Waals surface area (Å²) in [6.07, 6.45) is 1.91. The van der Waals surface area contributed by atoms with Gasteiger partial charge in [0.15, 0.2) is 0 Å². The Bertz CT molecular complexity index is 399. The first-order valence-electron chi connectivity index (χ1n) is 6.25. The maximum Gasteiger partial charge on any atom is 0.251 e. The van der Waals surface area contributed by atoms with Gasteiger partial charge in [0, 0.05) is 18.4 Å². The van der Waals surface area contributed by atoms with E-state index in [1.165, 1.54) is 0 Å². The molecule has 0 bridgehead atoms. The Labute approximate surface area is 109 Å². The van der Waals surface area contributed by atoms with Crippen molar-refractivity contribution in [3.8, 4) is 0 Å². The van der Waals surface area contributed by atoms with Crippen molar-refractivity contribution >= 4 is 11.6 Å². The summed E-state index contributed by atoms with van der Waals surface area (Å²) < 4.78 is 5.11. The van der Waals surface area contributed by atoms with Gasteiger partial charge < -0.3 is 15.8 Å². The Balaban J connectivity index is 2.77. The average Bonchev–Trinajstić information content (AvgIpc) is 2.33. The van der Waals surface area contributed by atoms with Gasteiger partial charge in [-0.3, -0.25) is 4.79 Å². The Morgan fingerprint density at radius 3 is 2.83 bits per heavy atom. The number of rotatable bonds is 6. The third kappa shape index (κ3) is 3.74. The highest BCUT2D eigenvalue weighted by Crippen LogP contribution is 2.15. The summed E-state index contributed by atoms with van der Waals surface area (Å²) in [6.45, 7) is 4.47. The molecule has 1 aromatic rings. The molecule has 0 aliphatic heterocycles. The van der Waals surface area contributed by atoms with E-state index in [0.29, 0.717) is 17.9 Å². The summed E-state index contributed by atoms with van der Waals surface area (Å²) in [5.74, 6) is -0.0877. The second kappa shape index (κ2) is 7.01. The van der Waals surface area contributed by atoms with Crippen LogP contribution in [0.3, 0.4) is 0 Å².